The Kier molecular flexibility index (Phi) is 8.09. The van der Waals surface area contributed by atoms with Gasteiger partial charge >= 0.3 is 0 Å². The first kappa shape index (κ1) is 32.8. The fourth-order valence-electron chi connectivity index (χ4n) is 8.23. The van der Waals surface area contributed by atoms with E-state index in [1.807, 2.05) is 17.5 Å². The van der Waals surface area contributed by atoms with Crippen molar-refractivity contribution in [2.75, 3.05) is 4.90 Å². The number of thiophene rings is 1. The van der Waals surface area contributed by atoms with Crippen LogP contribution < -0.4 is 4.90 Å². The molecule has 0 aliphatic carbocycles. The highest BCUT2D eigenvalue weighted by Gasteiger charge is 2.22. The van der Waals surface area contributed by atoms with Crippen LogP contribution in [-0.2, 0) is 0 Å². The molecular formula is C52H36N2S. The molecule has 0 amide bonds. The number of rotatable bonds is 7. The summed E-state index contributed by atoms with van der Waals surface area (Å²) in [6, 6.07) is 66.1. The highest BCUT2D eigenvalue weighted by molar-refractivity contribution is 7.19. The molecule has 0 fully saturated rings. The fraction of sp³-hybridized carbons (Fsp3) is 0.0192. The summed E-state index contributed by atoms with van der Waals surface area (Å²) in [6.45, 7) is 6.14. The van der Waals surface area contributed by atoms with E-state index in [1.54, 1.807) is 0 Å². The summed E-state index contributed by atoms with van der Waals surface area (Å²) in [5.41, 5.74) is 8.97. The van der Waals surface area contributed by atoms with E-state index in [9.17, 15) is 0 Å². The van der Waals surface area contributed by atoms with E-state index >= 15 is 0 Å². The van der Waals surface area contributed by atoms with E-state index in [-0.39, 0.29) is 0 Å². The number of hydrogen-bond donors (Lipinski definition) is 0. The molecule has 0 N–H and O–H groups in total. The summed E-state index contributed by atoms with van der Waals surface area (Å²) in [7, 11) is 0. The molecule has 10 rings (SSSR count). The highest BCUT2D eigenvalue weighted by atomic mass is 32.1. The predicted molar refractivity (Wildman–Crippen MR) is 240 cm³/mol. The van der Waals surface area contributed by atoms with Gasteiger partial charge in [0.25, 0.3) is 0 Å². The van der Waals surface area contributed by atoms with E-state index in [4.69, 9.17) is 0 Å². The second-order valence-electron chi connectivity index (χ2n) is 14.1. The van der Waals surface area contributed by atoms with Gasteiger partial charge in [0.05, 0.1) is 11.9 Å². The first-order chi connectivity index (χ1) is 27.1. The number of nitrogens with zero attached hydrogens (tertiary/aromatic N) is 2. The van der Waals surface area contributed by atoms with Crippen molar-refractivity contribution in [1.82, 2.24) is 0 Å². The molecule has 260 valence electrons. The summed E-state index contributed by atoms with van der Waals surface area (Å²) in [4.78, 5) is 7.95. The topological polar surface area (TPSA) is 15.6 Å². The lowest BCUT2D eigenvalue weighted by Gasteiger charge is -2.28. The van der Waals surface area contributed by atoms with Gasteiger partial charge in [0.1, 0.15) is 0 Å². The van der Waals surface area contributed by atoms with Crippen LogP contribution in [0.25, 0.3) is 81.1 Å². The van der Waals surface area contributed by atoms with Crippen molar-refractivity contribution in [3.8, 4) is 22.3 Å². The molecule has 0 atom stereocenters. The molecule has 9 aromatic carbocycles. The zero-order chi connectivity index (χ0) is 36.9. The molecule has 2 nitrogen and oxygen atoms in total. The monoisotopic (exact) mass is 720 g/mol. The minimum Gasteiger partial charge on any atom is -0.308 e. The number of hydrogen-bond acceptors (Lipinski definition) is 3. The van der Waals surface area contributed by atoms with Crippen LogP contribution in [0.4, 0.5) is 11.4 Å². The molecule has 0 saturated heterocycles. The van der Waals surface area contributed by atoms with Crippen molar-refractivity contribution in [2.45, 2.75) is 6.92 Å². The molecule has 10 aromatic rings. The van der Waals surface area contributed by atoms with E-state index in [0.717, 1.165) is 17.1 Å². The van der Waals surface area contributed by atoms with Crippen LogP contribution >= 0.6 is 11.3 Å². The molecule has 0 bridgehead atoms. The van der Waals surface area contributed by atoms with Crippen molar-refractivity contribution < 1.29 is 0 Å². The number of fused-ring (bicyclic) bond motifs is 7. The maximum atomic E-state index is 4.39. The van der Waals surface area contributed by atoms with Crippen LogP contribution in [0.5, 0.6) is 0 Å². The van der Waals surface area contributed by atoms with Crippen LogP contribution in [0.2, 0.25) is 0 Å². The van der Waals surface area contributed by atoms with E-state index in [2.05, 4.69) is 206 Å². The summed E-state index contributed by atoms with van der Waals surface area (Å²) in [5, 5.41) is 11.3. The standard InChI is InChI=1S/C52H36N2S/c1-34-52(49-13-7-8-14-51(49)55-34)50(33-53-2)54(43-25-19-35(20-26-43)39-23-29-47-41(31-39)17-15-37-9-3-5-11-45(37)47)44-27-21-36(22-28-44)40-24-30-48-42(32-40)18-16-38-10-4-6-12-46(38)48/h3-33H,2H2,1H3/b50-33+. The van der Waals surface area contributed by atoms with Gasteiger partial charge in [0.15, 0.2) is 0 Å². The Balaban J connectivity index is 1.07. The largest absolute Gasteiger partial charge is 0.308 e. The van der Waals surface area contributed by atoms with Crippen molar-refractivity contribution in [3.05, 3.63) is 199 Å². The number of aliphatic imine (C=N–C) groups is 1. The summed E-state index contributed by atoms with van der Waals surface area (Å²) in [6.07, 6.45) is 1.91. The zero-order valence-electron chi connectivity index (χ0n) is 30.4. The molecule has 0 saturated carbocycles. The average molecular weight is 721 g/mol. The van der Waals surface area contributed by atoms with Crippen LogP contribution in [0.1, 0.15) is 10.4 Å². The van der Waals surface area contributed by atoms with Crippen LogP contribution in [0.15, 0.2) is 193 Å². The van der Waals surface area contributed by atoms with E-state index < -0.39 is 0 Å². The normalized spacial score (nSPS) is 11.9. The number of benzene rings is 9. The van der Waals surface area contributed by atoms with Gasteiger partial charge in [-0.2, -0.15) is 0 Å². The van der Waals surface area contributed by atoms with Crippen molar-refractivity contribution >= 4 is 88.3 Å². The molecule has 0 aliphatic rings. The Bertz CT molecular complexity index is 2950. The smallest absolute Gasteiger partial charge is 0.0733 e. The molecule has 0 spiro atoms. The summed E-state index contributed by atoms with van der Waals surface area (Å²) < 4.78 is 1.25. The molecule has 0 unspecified atom stereocenters. The maximum absolute atomic E-state index is 4.39. The molecule has 1 aromatic heterocycles. The molecule has 3 heteroatoms. The Labute approximate surface area is 324 Å². The second-order valence-corrected chi connectivity index (χ2v) is 15.4. The molecule has 1 heterocycles. The third-order valence-electron chi connectivity index (χ3n) is 10.9. The number of anilines is 2. The quantitative estimate of drug-likeness (QED) is 0.118. The fourth-order valence-corrected chi connectivity index (χ4v) is 9.30. The van der Waals surface area contributed by atoms with Gasteiger partial charge in [0.2, 0.25) is 0 Å². The summed E-state index contributed by atoms with van der Waals surface area (Å²) >= 11 is 1.81. The van der Waals surface area contributed by atoms with Gasteiger partial charge in [-0.25, -0.2) is 0 Å². The molecular weight excluding hydrogens is 685 g/mol. The molecule has 0 aliphatic heterocycles. The van der Waals surface area contributed by atoms with Crippen LogP contribution in [0.3, 0.4) is 0 Å². The lowest BCUT2D eigenvalue weighted by molar-refractivity contribution is 1.28. The first-order valence-electron chi connectivity index (χ1n) is 18.6. The first-order valence-corrected chi connectivity index (χ1v) is 19.4. The third-order valence-corrected chi connectivity index (χ3v) is 12.0. The molecule has 0 radical (unpaired) electrons. The minimum absolute atomic E-state index is 0.987. The van der Waals surface area contributed by atoms with E-state index in [0.29, 0.717) is 0 Å². The molecule has 55 heavy (non-hydrogen) atoms. The predicted octanol–water partition coefficient (Wildman–Crippen LogP) is 15.0. The second kappa shape index (κ2) is 13.6. The van der Waals surface area contributed by atoms with Gasteiger partial charge in [-0.05, 0) is 121 Å². The lowest BCUT2D eigenvalue weighted by atomic mass is 9.97. The number of aryl methyl sites for hydroxylation is 1. The van der Waals surface area contributed by atoms with E-state index in [1.165, 1.54) is 85.9 Å². The van der Waals surface area contributed by atoms with Gasteiger partial charge in [-0.3, -0.25) is 4.99 Å². The van der Waals surface area contributed by atoms with Gasteiger partial charge < -0.3 is 4.90 Å². The Morgan fingerprint density at radius 3 is 1.44 bits per heavy atom. The van der Waals surface area contributed by atoms with Crippen LogP contribution in [-0.4, -0.2) is 6.72 Å². The van der Waals surface area contributed by atoms with Crippen molar-refractivity contribution in [3.63, 3.8) is 0 Å². The van der Waals surface area contributed by atoms with Gasteiger partial charge in [-0.1, -0.05) is 140 Å². The maximum Gasteiger partial charge on any atom is 0.0733 e. The Morgan fingerprint density at radius 1 is 0.473 bits per heavy atom. The average Bonchev–Trinajstić information content (AvgIpc) is 3.58. The van der Waals surface area contributed by atoms with Gasteiger partial charge in [-0.15, -0.1) is 11.3 Å². The zero-order valence-corrected chi connectivity index (χ0v) is 31.2. The Morgan fingerprint density at radius 2 is 0.909 bits per heavy atom. The SMILES string of the molecule is C=N/C=C(\c1c(C)sc2ccccc12)N(c1ccc(-c2ccc3c(ccc4ccccc43)c2)cc1)c1ccc(-c2ccc3c(ccc4ccccc43)c2)cc1. The van der Waals surface area contributed by atoms with Crippen molar-refractivity contribution in [2.24, 2.45) is 4.99 Å². The Hall–Kier alpha value is -6.81. The van der Waals surface area contributed by atoms with Crippen molar-refractivity contribution in [1.29, 1.82) is 0 Å². The van der Waals surface area contributed by atoms with Crippen LogP contribution in [0, 0.1) is 6.92 Å². The lowest BCUT2D eigenvalue weighted by Crippen LogP contribution is -2.16. The summed E-state index contributed by atoms with van der Waals surface area (Å²) in [5.74, 6) is 0. The highest BCUT2D eigenvalue weighted by Crippen LogP contribution is 2.43. The third kappa shape index (κ3) is 5.77. The minimum atomic E-state index is 0.987. The van der Waals surface area contributed by atoms with Gasteiger partial charge in [0, 0.05) is 31.9 Å².